The van der Waals surface area contributed by atoms with E-state index in [0.29, 0.717) is 31.1 Å². The summed E-state index contributed by atoms with van der Waals surface area (Å²) in [4.78, 5) is 9.00. The number of nitrogen functional groups attached to an aromatic ring is 2. The monoisotopic (exact) mass is 564 g/mol. The number of nitrogens with one attached hydrogen (secondary N) is 3. The van der Waals surface area contributed by atoms with Gasteiger partial charge in [-0.1, -0.05) is 12.1 Å². The molecule has 0 aliphatic heterocycles. The Morgan fingerprint density at radius 3 is 2.33 bits per heavy atom. The number of rotatable bonds is 10. The van der Waals surface area contributed by atoms with Crippen LogP contribution in [0.15, 0.2) is 66.9 Å². The van der Waals surface area contributed by atoms with Crippen molar-refractivity contribution in [3.05, 3.63) is 66.9 Å². The quantitative estimate of drug-likeness (QED) is 0.121. The average Bonchev–Trinajstić information content (AvgIpc) is 3.66. The largest absolute Gasteiger partial charge is 0.396 e. The summed E-state index contributed by atoms with van der Waals surface area (Å²) in [7, 11) is 0. The maximum absolute atomic E-state index is 9.66. The van der Waals surface area contributed by atoms with Gasteiger partial charge in [-0.2, -0.15) is 10.2 Å². The Balaban J connectivity index is 1.25. The number of hydrogen-bond acceptors (Lipinski definition) is 10. The minimum absolute atomic E-state index is 0.119. The Kier molecular flexibility index (Phi) is 7.30. The lowest BCUT2D eigenvalue weighted by Crippen LogP contribution is -2.15. The first-order valence-corrected chi connectivity index (χ1v) is 13.7. The molecule has 214 valence electrons. The molecular weight excluding hydrogens is 532 g/mol. The van der Waals surface area contributed by atoms with Gasteiger partial charge in [0.25, 0.3) is 0 Å². The van der Waals surface area contributed by atoms with Gasteiger partial charge < -0.3 is 32.3 Å². The van der Waals surface area contributed by atoms with Crippen molar-refractivity contribution in [1.29, 1.82) is 0 Å². The van der Waals surface area contributed by atoms with E-state index in [1.54, 1.807) is 23.7 Å². The third-order valence-electron chi connectivity index (χ3n) is 6.88. The second kappa shape index (κ2) is 11.4. The molecule has 12 nitrogen and oxygen atoms in total. The number of anilines is 4. The number of aromatic amines is 1. The van der Waals surface area contributed by atoms with Gasteiger partial charge in [0.15, 0.2) is 0 Å². The second-order valence-corrected chi connectivity index (χ2v) is 10.2. The highest BCUT2D eigenvalue weighted by Crippen LogP contribution is 2.31. The number of nitrogens with zero attached hydrogens (tertiary/aromatic N) is 5. The number of fused-ring (bicyclic) bond motifs is 2. The Hall–Kier alpha value is -5.20. The predicted octanol–water partition coefficient (Wildman–Crippen LogP) is 3.78. The van der Waals surface area contributed by atoms with Crippen molar-refractivity contribution < 1.29 is 10.2 Å². The van der Waals surface area contributed by atoms with Crippen LogP contribution < -0.4 is 22.1 Å². The van der Waals surface area contributed by atoms with E-state index in [2.05, 4.69) is 30.8 Å². The first-order valence-electron chi connectivity index (χ1n) is 13.7. The molecule has 4 aromatic heterocycles. The summed E-state index contributed by atoms with van der Waals surface area (Å²) in [5.74, 6) is 0.804. The number of benzene rings is 2. The number of aromatic nitrogens is 6. The van der Waals surface area contributed by atoms with Crippen LogP contribution in [0.3, 0.4) is 0 Å². The topological polar surface area (TPSA) is 189 Å². The summed E-state index contributed by atoms with van der Waals surface area (Å²) < 4.78 is 1.78. The van der Waals surface area contributed by atoms with E-state index in [4.69, 9.17) is 21.7 Å². The van der Waals surface area contributed by atoms with E-state index in [-0.39, 0.29) is 6.61 Å². The Morgan fingerprint density at radius 2 is 1.60 bits per heavy atom. The zero-order valence-electron chi connectivity index (χ0n) is 23.0. The molecule has 0 saturated heterocycles. The van der Waals surface area contributed by atoms with Crippen LogP contribution in [0.5, 0.6) is 0 Å². The van der Waals surface area contributed by atoms with Crippen LogP contribution in [0.25, 0.3) is 50.1 Å². The van der Waals surface area contributed by atoms with E-state index in [1.807, 2.05) is 54.7 Å². The van der Waals surface area contributed by atoms with Gasteiger partial charge in [0.05, 0.1) is 34.2 Å². The molecule has 0 bridgehead atoms. The van der Waals surface area contributed by atoms with Gasteiger partial charge in [0, 0.05) is 65.7 Å². The second-order valence-electron chi connectivity index (χ2n) is 10.2. The molecule has 1 atom stereocenters. The standard InChI is InChI=1S/C30H32N10O2/c1-17(42)16-34-25-15-30(32)35-26-11-18(3-5-20(25)26)23-13-28(38-37-23)22-7-9-40(39-22)19-4-6-21-24(33-8-2-10-41)14-29(31)36-27(21)12-19/h3-7,9,11-15,17,41-42H,2,8,10,16H2,1H3,(H,37,38)(H3,31,33,36)(H3,32,34,35)/t17-/m1/s1. The Bertz CT molecular complexity index is 1880. The molecule has 0 amide bonds. The first kappa shape index (κ1) is 27.0. The smallest absolute Gasteiger partial charge is 0.126 e. The fraction of sp³-hybridized carbons (Fsp3) is 0.200. The van der Waals surface area contributed by atoms with Gasteiger partial charge in [0.2, 0.25) is 0 Å². The zero-order chi connectivity index (χ0) is 29.2. The first-order chi connectivity index (χ1) is 20.4. The SMILES string of the molecule is C[C@@H](O)CNc1cc(N)nc2cc(-c3cc(-c4ccn(-c5ccc6c(NCCCO)cc(N)nc6c5)n4)[nH]n3)ccc12. The molecule has 0 saturated carbocycles. The lowest BCUT2D eigenvalue weighted by Gasteiger charge is -2.12. The summed E-state index contributed by atoms with van der Waals surface area (Å²) >= 11 is 0. The van der Waals surface area contributed by atoms with Gasteiger partial charge in [-0.25, -0.2) is 14.6 Å². The molecule has 0 fully saturated rings. The molecule has 6 rings (SSSR count). The molecule has 9 N–H and O–H groups in total. The fourth-order valence-corrected chi connectivity index (χ4v) is 4.85. The molecule has 0 radical (unpaired) electrons. The van der Waals surface area contributed by atoms with E-state index in [9.17, 15) is 5.11 Å². The molecule has 0 unspecified atom stereocenters. The van der Waals surface area contributed by atoms with Crippen molar-refractivity contribution in [2.24, 2.45) is 0 Å². The maximum Gasteiger partial charge on any atom is 0.126 e. The van der Waals surface area contributed by atoms with Gasteiger partial charge in [-0.05, 0) is 49.7 Å². The predicted molar refractivity (Wildman–Crippen MR) is 166 cm³/mol. The maximum atomic E-state index is 9.66. The Labute approximate surface area is 241 Å². The van der Waals surface area contributed by atoms with Crippen molar-refractivity contribution in [2.45, 2.75) is 19.4 Å². The van der Waals surface area contributed by atoms with Crippen molar-refractivity contribution in [3.63, 3.8) is 0 Å². The number of hydrogen-bond donors (Lipinski definition) is 7. The highest BCUT2D eigenvalue weighted by Gasteiger charge is 2.13. The van der Waals surface area contributed by atoms with Crippen LogP contribution in [0.4, 0.5) is 23.0 Å². The molecular formula is C30H32N10O2. The van der Waals surface area contributed by atoms with E-state index in [0.717, 1.165) is 61.5 Å². The molecule has 0 aliphatic carbocycles. The van der Waals surface area contributed by atoms with Crippen molar-refractivity contribution in [2.75, 3.05) is 41.8 Å². The highest BCUT2D eigenvalue weighted by atomic mass is 16.3. The van der Waals surface area contributed by atoms with Gasteiger partial charge >= 0.3 is 0 Å². The van der Waals surface area contributed by atoms with Crippen LogP contribution in [0.2, 0.25) is 0 Å². The third kappa shape index (κ3) is 5.53. The summed E-state index contributed by atoms with van der Waals surface area (Å²) in [5.41, 5.74) is 19.2. The summed E-state index contributed by atoms with van der Waals surface area (Å²) in [6.07, 6.45) is 2.03. The van der Waals surface area contributed by atoms with Crippen LogP contribution >= 0.6 is 0 Å². The van der Waals surface area contributed by atoms with Gasteiger partial charge in [-0.15, -0.1) is 0 Å². The number of aliphatic hydroxyl groups excluding tert-OH is 2. The number of nitrogens with two attached hydrogens (primary N) is 2. The van der Waals surface area contributed by atoms with Crippen LogP contribution in [0.1, 0.15) is 13.3 Å². The average molecular weight is 565 g/mol. The number of aliphatic hydroxyl groups is 2. The molecule has 2 aromatic carbocycles. The van der Waals surface area contributed by atoms with Crippen LogP contribution in [0, 0.1) is 0 Å². The van der Waals surface area contributed by atoms with Gasteiger partial charge in [-0.3, -0.25) is 5.10 Å². The molecule has 0 spiro atoms. The van der Waals surface area contributed by atoms with Crippen molar-refractivity contribution >= 4 is 44.8 Å². The molecule has 4 heterocycles. The van der Waals surface area contributed by atoms with E-state index >= 15 is 0 Å². The lowest BCUT2D eigenvalue weighted by atomic mass is 10.1. The summed E-state index contributed by atoms with van der Waals surface area (Å²) in [5, 5.41) is 39.5. The summed E-state index contributed by atoms with van der Waals surface area (Å²) in [6, 6.07) is 19.2. The molecule has 42 heavy (non-hydrogen) atoms. The zero-order valence-corrected chi connectivity index (χ0v) is 23.0. The minimum atomic E-state index is -0.491. The van der Waals surface area contributed by atoms with Gasteiger partial charge in [0.1, 0.15) is 17.3 Å². The molecule has 0 aliphatic rings. The number of H-pyrrole nitrogens is 1. The normalized spacial score (nSPS) is 12.2. The summed E-state index contributed by atoms with van der Waals surface area (Å²) in [6.45, 7) is 2.88. The molecule has 12 heteroatoms. The minimum Gasteiger partial charge on any atom is -0.396 e. The number of pyridine rings is 2. The van der Waals surface area contributed by atoms with Crippen molar-refractivity contribution in [3.8, 4) is 28.3 Å². The van der Waals surface area contributed by atoms with E-state index in [1.165, 1.54) is 0 Å². The Morgan fingerprint density at radius 1 is 0.881 bits per heavy atom. The third-order valence-corrected chi connectivity index (χ3v) is 6.88. The van der Waals surface area contributed by atoms with Crippen LogP contribution in [-0.4, -0.2) is 66.0 Å². The van der Waals surface area contributed by atoms with Crippen LogP contribution in [-0.2, 0) is 0 Å². The van der Waals surface area contributed by atoms with E-state index < -0.39 is 6.10 Å². The fourth-order valence-electron chi connectivity index (χ4n) is 4.85. The van der Waals surface area contributed by atoms with Crippen molar-refractivity contribution in [1.82, 2.24) is 29.9 Å². The molecule has 6 aromatic rings. The lowest BCUT2D eigenvalue weighted by molar-refractivity contribution is 0.208. The highest BCUT2D eigenvalue weighted by molar-refractivity contribution is 5.95.